The fourth-order valence-corrected chi connectivity index (χ4v) is 1.60. The Labute approximate surface area is 113 Å². The van der Waals surface area contributed by atoms with Crippen molar-refractivity contribution in [3.63, 3.8) is 0 Å². The Morgan fingerprint density at radius 2 is 1.84 bits per heavy atom. The first kappa shape index (κ1) is 13.2. The lowest BCUT2D eigenvalue weighted by molar-refractivity contribution is 0.231. The van der Waals surface area contributed by atoms with Crippen LogP contribution in [0.4, 0.5) is 5.69 Å². The molecule has 0 unspecified atom stereocenters. The van der Waals surface area contributed by atoms with Gasteiger partial charge < -0.3 is 14.8 Å². The van der Waals surface area contributed by atoms with Gasteiger partial charge in [0.15, 0.2) is 5.75 Å². The standard InChI is InChI=1S/C15H18N2O2/c1-11(2)18-14-5-4-10-17-15(14)19-13-8-6-12(16-3)7-9-13/h4-11,16H,1-3H3. The molecule has 0 aliphatic heterocycles. The Bertz CT molecular complexity index is 524. The Morgan fingerprint density at radius 1 is 1.11 bits per heavy atom. The van der Waals surface area contributed by atoms with Gasteiger partial charge in [0, 0.05) is 18.9 Å². The van der Waals surface area contributed by atoms with Crippen molar-refractivity contribution in [3.05, 3.63) is 42.6 Å². The third kappa shape index (κ3) is 3.61. The van der Waals surface area contributed by atoms with E-state index in [9.17, 15) is 0 Å². The quantitative estimate of drug-likeness (QED) is 0.888. The van der Waals surface area contributed by atoms with Crippen molar-refractivity contribution in [1.82, 2.24) is 4.98 Å². The predicted molar refractivity (Wildman–Crippen MR) is 76.1 cm³/mol. The van der Waals surface area contributed by atoms with E-state index >= 15 is 0 Å². The Kier molecular flexibility index (Phi) is 4.23. The van der Waals surface area contributed by atoms with Crippen molar-refractivity contribution in [3.8, 4) is 17.4 Å². The number of hydrogen-bond acceptors (Lipinski definition) is 4. The van der Waals surface area contributed by atoms with E-state index < -0.39 is 0 Å². The smallest absolute Gasteiger partial charge is 0.262 e. The van der Waals surface area contributed by atoms with E-state index in [0.717, 1.165) is 11.4 Å². The Morgan fingerprint density at radius 3 is 2.47 bits per heavy atom. The first-order chi connectivity index (χ1) is 9.19. The van der Waals surface area contributed by atoms with Gasteiger partial charge in [-0.25, -0.2) is 4.98 Å². The van der Waals surface area contributed by atoms with Gasteiger partial charge >= 0.3 is 0 Å². The first-order valence-electron chi connectivity index (χ1n) is 6.26. The molecule has 0 saturated carbocycles. The molecule has 100 valence electrons. The summed E-state index contributed by atoms with van der Waals surface area (Å²) in [5, 5.41) is 3.06. The second-order valence-corrected chi connectivity index (χ2v) is 4.35. The summed E-state index contributed by atoms with van der Waals surface area (Å²) in [7, 11) is 1.88. The topological polar surface area (TPSA) is 43.4 Å². The molecule has 0 aliphatic rings. The van der Waals surface area contributed by atoms with Gasteiger partial charge in [0.05, 0.1) is 6.10 Å². The summed E-state index contributed by atoms with van der Waals surface area (Å²) >= 11 is 0. The van der Waals surface area contributed by atoms with Crippen LogP contribution >= 0.6 is 0 Å². The minimum atomic E-state index is 0.0817. The molecule has 1 aromatic heterocycles. The molecule has 0 atom stereocenters. The highest BCUT2D eigenvalue weighted by atomic mass is 16.5. The summed E-state index contributed by atoms with van der Waals surface area (Å²) < 4.78 is 11.4. The van der Waals surface area contributed by atoms with Crippen LogP contribution < -0.4 is 14.8 Å². The third-order valence-electron chi connectivity index (χ3n) is 2.46. The number of hydrogen-bond donors (Lipinski definition) is 1. The fraction of sp³-hybridized carbons (Fsp3) is 0.267. The maximum Gasteiger partial charge on any atom is 0.262 e. The van der Waals surface area contributed by atoms with Crippen molar-refractivity contribution in [1.29, 1.82) is 0 Å². The second kappa shape index (κ2) is 6.09. The first-order valence-corrected chi connectivity index (χ1v) is 6.26. The number of ether oxygens (including phenoxy) is 2. The molecule has 0 saturated heterocycles. The molecule has 2 rings (SSSR count). The van der Waals surface area contributed by atoms with Crippen molar-refractivity contribution >= 4 is 5.69 Å². The highest BCUT2D eigenvalue weighted by molar-refractivity contribution is 5.47. The number of aromatic nitrogens is 1. The maximum atomic E-state index is 5.75. The van der Waals surface area contributed by atoms with Gasteiger partial charge in [-0.05, 0) is 50.2 Å². The lowest BCUT2D eigenvalue weighted by atomic mass is 10.3. The van der Waals surface area contributed by atoms with E-state index in [1.54, 1.807) is 6.20 Å². The third-order valence-corrected chi connectivity index (χ3v) is 2.46. The van der Waals surface area contributed by atoms with Crippen LogP contribution in [-0.4, -0.2) is 18.1 Å². The zero-order chi connectivity index (χ0) is 13.7. The number of nitrogens with zero attached hydrogens (tertiary/aromatic N) is 1. The summed E-state index contributed by atoms with van der Waals surface area (Å²) in [6.07, 6.45) is 1.77. The van der Waals surface area contributed by atoms with Crippen LogP contribution in [0.3, 0.4) is 0 Å². The van der Waals surface area contributed by atoms with E-state index in [4.69, 9.17) is 9.47 Å². The molecule has 2 aromatic rings. The number of rotatable bonds is 5. The second-order valence-electron chi connectivity index (χ2n) is 4.35. The monoisotopic (exact) mass is 258 g/mol. The van der Waals surface area contributed by atoms with Crippen LogP contribution in [-0.2, 0) is 0 Å². The maximum absolute atomic E-state index is 5.75. The lowest BCUT2D eigenvalue weighted by Crippen LogP contribution is -2.07. The highest BCUT2D eigenvalue weighted by Crippen LogP contribution is 2.29. The molecule has 19 heavy (non-hydrogen) atoms. The van der Waals surface area contributed by atoms with Crippen LogP contribution in [0.25, 0.3) is 0 Å². The molecule has 0 bridgehead atoms. The molecule has 0 radical (unpaired) electrons. The van der Waals surface area contributed by atoms with Gasteiger partial charge in [-0.3, -0.25) is 0 Å². The highest BCUT2D eigenvalue weighted by Gasteiger charge is 2.08. The molecule has 4 heteroatoms. The average molecular weight is 258 g/mol. The van der Waals surface area contributed by atoms with Crippen molar-refractivity contribution < 1.29 is 9.47 Å². The Balaban J connectivity index is 2.17. The lowest BCUT2D eigenvalue weighted by Gasteiger charge is -2.13. The molecule has 1 N–H and O–H groups in total. The zero-order valence-corrected chi connectivity index (χ0v) is 11.4. The summed E-state index contributed by atoms with van der Waals surface area (Å²) in [5.74, 6) is 1.86. The van der Waals surface area contributed by atoms with E-state index in [1.165, 1.54) is 0 Å². The van der Waals surface area contributed by atoms with Crippen molar-refractivity contribution in [2.24, 2.45) is 0 Å². The van der Waals surface area contributed by atoms with Gasteiger partial charge in [-0.15, -0.1) is 0 Å². The van der Waals surface area contributed by atoms with E-state index in [2.05, 4.69) is 10.3 Å². The molecule has 0 aliphatic carbocycles. The molecular weight excluding hydrogens is 240 g/mol. The molecular formula is C15H18N2O2. The zero-order valence-electron chi connectivity index (χ0n) is 11.4. The summed E-state index contributed by atoms with van der Waals surface area (Å²) in [5.41, 5.74) is 1.03. The average Bonchev–Trinajstić information content (AvgIpc) is 2.41. The van der Waals surface area contributed by atoms with Crippen molar-refractivity contribution in [2.75, 3.05) is 12.4 Å². The minimum Gasteiger partial charge on any atom is -0.485 e. The van der Waals surface area contributed by atoms with Crippen LogP contribution in [0, 0.1) is 0 Å². The van der Waals surface area contributed by atoms with Gasteiger partial charge in [-0.1, -0.05) is 0 Å². The van der Waals surface area contributed by atoms with E-state index in [1.807, 2.05) is 57.3 Å². The largest absolute Gasteiger partial charge is 0.485 e. The van der Waals surface area contributed by atoms with E-state index in [0.29, 0.717) is 11.6 Å². The van der Waals surface area contributed by atoms with E-state index in [-0.39, 0.29) is 6.10 Å². The number of benzene rings is 1. The SMILES string of the molecule is CNc1ccc(Oc2ncccc2OC(C)C)cc1. The summed E-state index contributed by atoms with van der Waals surface area (Å²) in [4.78, 5) is 4.21. The molecule has 4 nitrogen and oxygen atoms in total. The summed E-state index contributed by atoms with van der Waals surface area (Å²) in [6.45, 7) is 3.94. The molecule has 0 spiro atoms. The molecule has 1 heterocycles. The Hall–Kier alpha value is -2.23. The van der Waals surface area contributed by atoms with Gasteiger partial charge in [0.2, 0.25) is 0 Å². The van der Waals surface area contributed by atoms with Gasteiger partial charge in [0.25, 0.3) is 5.88 Å². The van der Waals surface area contributed by atoms with Gasteiger partial charge in [-0.2, -0.15) is 0 Å². The van der Waals surface area contributed by atoms with Gasteiger partial charge in [0.1, 0.15) is 5.75 Å². The summed E-state index contributed by atoms with van der Waals surface area (Å²) in [6, 6.07) is 11.3. The van der Waals surface area contributed by atoms with Crippen LogP contribution in [0.2, 0.25) is 0 Å². The minimum absolute atomic E-state index is 0.0817. The number of anilines is 1. The number of nitrogens with one attached hydrogen (secondary N) is 1. The molecule has 0 amide bonds. The number of pyridine rings is 1. The molecule has 0 fully saturated rings. The normalized spacial score (nSPS) is 10.3. The van der Waals surface area contributed by atoms with Crippen molar-refractivity contribution in [2.45, 2.75) is 20.0 Å². The van der Waals surface area contributed by atoms with Crippen LogP contribution in [0.15, 0.2) is 42.6 Å². The van der Waals surface area contributed by atoms with Crippen LogP contribution in [0.5, 0.6) is 17.4 Å². The molecule has 1 aromatic carbocycles. The predicted octanol–water partition coefficient (Wildman–Crippen LogP) is 3.70. The van der Waals surface area contributed by atoms with Crippen LogP contribution in [0.1, 0.15) is 13.8 Å². The fourth-order valence-electron chi connectivity index (χ4n) is 1.60.